The minimum absolute atomic E-state index is 0.476. The van der Waals surface area contributed by atoms with Crippen LogP contribution in [0.1, 0.15) is 11.1 Å². The molecule has 1 rings (SSSR count). The van der Waals surface area contributed by atoms with Gasteiger partial charge in [-0.15, -0.1) is 0 Å². The van der Waals surface area contributed by atoms with Gasteiger partial charge in [0, 0.05) is 0 Å². The number of nitriles is 2. The van der Waals surface area contributed by atoms with Crippen molar-refractivity contribution < 1.29 is 0 Å². The lowest BCUT2D eigenvalue weighted by molar-refractivity contribution is 1.27. The predicted molar refractivity (Wildman–Crippen MR) is 65.3 cm³/mol. The van der Waals surface area contributed by atoms with Gasteiger partial charge in [-0.3, -0.25) is 5.32 Å². The van der Waals surface area contributed by atoms with E-state index in [0.29, 0.717) is 16.4 Å². The van der Waals surface area contributed by atoms with Crippen molar-refractivity contribution in [1.29, 1.82) is 10.5 Å². The summed E-state index contributed by atoms with van der Waals surface area (Å²) in [4.78, 5) is 4.22. The Morgan fingerprint density at radius 1 is 1.44 bits per heavy atom. The predicted octanol–water partition coefficient (Wildman–Crippen LogP) is 2.29. The Morgan fingerprint density at radius 2 is 2.19 bits per heavy atom. The molecule has 0 bridgehead atoms. The van der Waals surface area contributed by atoms with E-state index < -0.39 is 0 Å². The molecule has 0 unspecified atom stereocenters. The number of aliphatic imine (C=N–C) groups is 1. The second kappa shape index (κ2) is 5.79. The molecule has 0 radical (unpaired) electrons. The molecule has 5 heteroatoms. The van der Waals surface area contributed by atoms with E-state index >= 15 is 0 Å². The van der Waals surface area contributed by atoms with Crippen molar-refractivity contribution >= 4 is 22.6 Å². The summed E-state index contributed by atoms with van der Waals surface area (Å²) in [6, 6.07) is 7.55. The first-order valence-corrected chi connectivity index (χ1v) is 5.73. The van der Waals surface area contributed by atoms with Crippen LogP contribution in [-0.2, 0) is 0 Å². The van der Waals surface area contributed by atoms with Gasteiger partial charge in [0.1, 0.15) is 6.07 Å². The summed E-state index contributed by atoms with van der Waals surface area (Å²) < 4.78 is 0. The zero-order valence-electron chi connectivity index (χ0n) is 8.98. The first-order valence-electron chi connectivity index (χ1n) is 4.50. The zero-order chi connectivity index (χ0) is 12.0. The van der Waals surface area contributed by atoms with Crippen molar-refractivity contribution in [3.05, 3.63) is 29.3 Å². The van der Waals surface area contributed by atoms with E-state index in [1.54, 1.807) is 12.3 Å². The third-order valence-electron chi connectivity index (χ3n) is 1.94. The number of hydrogen-bond donors (Lipinski definition) is 1. The third kappa shape index (κ3) is 2.75. The van der Waals surface area contributed by atoms with Crippen LogP contribution in [-0.4, -0.2) is 11.4 Å². The summed E-state index contributed by atoms with van der Waals surface area (Å²) in [6.45, 7) is 1.86. The molecular formula is C11H10N4S. The first-order chi connectivity index (χ1) is 7.72. The van der Waals surface area contributed by atoms with Gasteiger partial charge in [0.15, 0.2) is 11.4 Å². The van der Waals surface area contributed by atoms with Gasteiger partial charge in [-0.05, 0) is 24.8 Å². The van der Waals surface area contributed by atoms with Gasteiger partial charge in [-0.25, -0.2) is 4.99 Å². The smallest absolute Gasteiger partial charge is 0.183 e. The van der Waals surface area contributed by atoms with Gasteiger partial charge in [0.2, 0.25) is 0 Å². The maximum atomic E-state index is 9.00. The molecule has 1 aromatic rings. The number of benzene rings is 1. The molecule has 0 heterocycles. The van der Waals surface area contributed by atoms with Crippen molar-refractivity contribution in [2.24, 2.45) is 4.99 Å². The average Bonchev–Trinajstić information content (AvgIpc) is 2.28. The molecule has 1 N–H and O–H groups in total. The standard InChI is InChI=1S/C11H10N4S/c1-8-4-3-5-10(9(8)6-12)15-11(16-2)14-7-13/h3-5H,1-2H3,(H,14,15). The summed E-state index contributed by atoms with van der Waals surface area (Å²) in [5.74, 6) is 0. The molecule has 0 saturated heterocycles. The molecule has 0 aliphatic rings. The van der Waals surface area contributed by atoms with Crippen molar-refractivity contribution in [3.8, 4) is 12.3 Å². The van der Waals surface area contributed by atoms with Crippen LogP contribution in [0.2, 0.25) is 0 Å². The van der Waals surface area contributed by atoms with Gasteiger partial charge < -0.3 is 0 Å². The number of thioether (sulfide) groups is 1. The van der Waals surface area contributed by atoms with Crippen LogP contribution in [0.3, 0.4) is 0 Å². The number of nitrogens with one attached hydrogen (secondary N) is 1. The Kier molecular flexibility index (Phi) is 4.38. The summed E-state index contributed by atoms with van der Waals surface area (Å²) in [5, 5.41) is 20.4. The van der Waals surface area contributed by atoms with Gasteiger partial charge in [0.25, 0.3) is 0 Å². The minimum Gasteiger partial charge on any atom is -0.271 e. The molecule has 16 heavy (non-hydrogen) atoms. The molecule has 0 spiro atoms. The maximum Gasteiger partial charge on any atom is 0.183 e. The second-order valence-corrected chi connectivity index (χ2v) is 3.73. The van der Waals surface area contributed by atoms with Gasteiger partial charge in [-0.2, -0.15) is 10.5 Å². The van der Waals surface area contributed by atoms with Gasteiger partial charge >= 0.3 is 0 Å². The maximum absolute atomic E-state index is 9.00. The number of nitrogens with zero attached hydrogens (tertiary/aromatic N) is 3. The number of amidine groups is 1. The van der Waals surface area contributed by atoms with E-state index in [9.17, 15) is 0 Å². The highest BCUT2D eigenvalue weighted by atomic mass is 32.2. The quantitative estimate of drug-likeness (QED) is 0.348. The Hall–Kier alpha value is -1.98. The van der Waals surface area contributed by atoms with E-state index in [2.05, 4.69) is 16.4 Å². The van der Waals surface area contributed by atoms with Gasteiger partial charge in [0.05, 0.1) is 11.3 Å². The summed E-state index contributed by atoms with van der Waals surface area (Å²) >= 11 is 1.32. The monoisotopic (exact) mass is 230 g/mol. The molecule has 0 saturated carbocycles. The average molecular weight is 230 g/mol. The molecule has 4 nitrogen and oxygen atoms in total. The molecule has 1 aromatic carbocycles. The normalized spacial score (nSPS) is 10.4. The topological polar surface area (TPSA) is 72.0 Å². The van der Waals surface area contributed by atoms with Crippen LogP contribution >= 0.6 is 11.8 Å². The fourth-order valence-electron chi connectivity index (χ4n) is 1.17. The molecule has 0 aromatic heterocycles. The zero-order valence-corrected chi connectivity index (χ0v) is 9.80. The van der Waals surface area contributed by atoms with Crippen LogP contribution in [0.4, 0.5) is 5.69 Å². The highest BCUT2D eigenvalue weighted by Crippen LogP contribution is 2.22. The molecule has 0 atom stereocenters. The van der Waals surface area contributed by atoms with Crippen molar-refractivity contribution in [1.82, 2.24) is 5.32 Å². The highest BCUT2D eigenvalue weighted by Gasteiger charge is 2.04. The van der Waals surface area contributed by atoms with Crippen LogP contribution in [0, 0.1) is 29.7 Å². The largest absolute Gasteiger partial charge is 0.271 e. The Bertz CT molecular complexity index is 494. The van der Waals surface area contributed by atoms with E-state index in [1.807, 2.05) is 25.3 Å². The summed E-state index contributed by atoms with van der Waals surface area (Å²) in [5.41, 5.74) is 1.99. The number of aryl methyl sites for hydroxylation is 1. The van der Waals surface area contributed by atoms with E-state index in [4.69, 9.17) is 10.5 Å². The van der Waals surface area contributed by atoms with E-state index in [0.717, 1.165) is 5.56 Å². The van der Waals surface area contributed by atoms with Crippen LogP contribution in [0.25, 0.3) is 0 Å². The van der Waals surface area contributed by atoms with Crippen LogP contribution < -0.4 is 5.32 Å². The SMILES string of the molecule is CSC(=Nc1cccc(C)c1C#N)NC#N. The minimum atomic E-state index is 0.476. The molecular weight excluding hydrogens is 220 g/mol. The van der Waals surface area contributed by atoms with Gasteiger partial charge in [-0.1, -0.05) is 23.9 Å². The summed E-state index contributed by atoms with van der Waals surface area (Å²) in [6.07, 6.45) is 3.62. The molecule has 0 fully saturated rings. The Morgan fingerprint density at radius 3 is 2.75 bits per heavy atom. The second-order valence-electron chi connectivity index (χ2n) is 2.94. The molecule has 0 aliphatic carbocycles. The van der Waals surface area contributed by atoms with Crippen molar-refractivity contribution in [2.45, 2.75) is 6.92 Å². The lowest BCUT2D eigenvalue weighted by Gasteiger charge is -2.03. The molecule has 80 valence electrons. The molecule has 0 amide bonds. The lowest BCUT2D eigenvalue weighted by Crippen LogP contribution is -2.12. The van der Waals surface area contributed by atoms with Crippen molar-refractivity contribution in [3.63, 3.8) is 0 Å². The van der Waals surface area contributed by atoms with Crippen LogP contribution in [0.5, 0.6) is 0 Å². The lowest BCUT2D eigenvalue weighted by atomic mass is 10.1. The molecule has 0 aliphatic heterocycles. The van der Waals surface area contributed by atoms with Crippen LogP contribution in [0.15, 0.2) is 23.2 Å². The fraction of sp³-hybridized carbons (Fsp3) is 0.182. The highest BCUT2D eigenvalue weighted by molar-refractivity contribution is 8.13. The Labute approximate surface area is 98.6 Å². The third-order valence-corrected chi connectivity index (χ3v) is 2.52. The van der Waals surface area contributed by atoms with E-state index in [-0.39, 0.29) is 0 Å². The Balaban J connectivity index is 3.20. The van der Waals surface area contributed by atoms with Crippen molar-refractivity contribution in [2.75, 3.05) is 6.26 Å². The summed E-state index contributed by atoms with van der Waals surface area (Å²) in [7, 11) is 0. The fourth-order valence-corrected chi connectivity index (χ4v) is 1.51. The number of hydrogen-bond acceptors (Lipinski definition) is 4. The first kappa shape index (κ1) is 12.1. The number of rotatable bonds is 1. The van der Waals surface area contributed by atoms with E-state index in [1.165, 1.54) is 11.8 Å².